The SMILES string of the molecule is CCOP12(OCCO1)OC(C)=C(C(C)=O)[C@H]2c1ccccc1. The number of hydrogen-bond acceptors (Lipinski definition) is 5. The van der Waals surface area contributed by atoms with E-state index in [-0.39, 0.29) is 5.78 Å². The summed E-state index contributed by atoms with van der Waals surface area (Å²) in [6.45, 7) is 6.38. The number of rotatable bonds is 4. The molecule has 1 spiro atoms. The molecule has 2 aliphatic heterocycles. The van der Waals surface area contributed by atoms with Crippen LogP contribution in [0.2, 0.25) is 0 Å². The van der Waals surface area contributed by atoms with Gasteiger partial charge in [0.15, 0.2) is 0 Å². The van der Waals surface area contributed by atoms with Gasteiger partial charge >= 0.3 is 130 Å². The van der Waals surface area contributed by atoms with E-state index in [2.05, 4.69) is 0 Å². The van der Waals surface area contributed by atoms with Gasteiger partial charge in [0.2, 0.25) is 0 Å². The molecule has 5 nitrogen and oxygen atoms in total. The number of benzene rings is 1. The van der Waals surface area contributed by atoms with Crippen molar-refractivity contribution in [2.24, 2.45) is 0 Å². The van der Waals surface area contributed by atoms with Gasteiger partial charge in [-0.25, -0.2) is 0 Å². The standard InChI is InChI=1S/C16H21O5P/c1-4-18-22(19-10-11-20-22)16(14-8-6-5-7-9-14)15(12(2)17)13(3)21-22/h5-9,16H,4,10-11H2,1-3H3/t16-/m1/s1. The average molecular weight is 324 g/mol. The first-order valence-electron chi connectivity index (χ1n) is 7.46. The molecule has 1 aromatic carbocycles. The van der Waals surface area contributed by atoms with Crippen LogP contribution in [0.4, 0.5) is 0 Å². The van der Waals surface area contributed by atoms with Gasteiger partial charge in [0.1, 0.15) is 0 Å². The van der Waals surface area contributed by atoms with Gasteiger partial charge in [-0.2, -0.15) is 0 Å². The van der Waals surface area contributed by atoms with Crippen LogP contribution in [0.3, 0.4) is 0 Å². The van der Waals surface area contributed by atoms with E-state index in [1.54, 1.807) is 13.8 Å². The van der Waals surface area contributed by atoms with Crippen molar-refractivity contribution in [3.63, 3.8) is 0 Å². The normalized spacial score (nSPS) is 27.4. The van der Waals surface area contributed by atoms with E-state index in [0.29, 0.717) is 31.2 Å². The molecule has 3 rings (SSSR count). The van der Waals surface area contributed by atoms with Gasteiger partial charge in [-0.3, -0.25) is 0 Å². The number of ketones is 1. The van der Waals surface area contributed by atoms with Crippen molar-refractivity contribution in [1.29, 1.82) is 0 Å². The zero-order valence-corrected chi connectivity index (χ0v) is 14.0. The second-order valence-electron chi connectivity index (χ2n) is 5.38. The zero-order chi connectivity index (χ0) is 15.8. The zero-order valence-electron chi connectivity index (χ0n) is 13.1. The van der Waals surface area contributed by atoms with Crippen LogP contribution < -0.4 is 0 Å². The quantitative estimate of drug-likeness (QED) is 0.786. The van der Waals surface area contributed by atoms with E-state index < -0.39 is 13.2 Å². The minimum atomic E-state index is -3.87. The molecule has 0 unspecified atom stereocenters. The molecular formula is C16H21O5P. The van der Waals surface area contributed by atoms with Gasteiger partial charge in [0.25, 0.3) is 0 Å². The molecule has 2 heterocycles. The summed E-state index contributed by atoms with van der Waals surface area (Å²) in [6.07, 6.45) is 0. The predicted octanol–water partition coefficient (Wildman–Crippen LogP) is 3.92. The Morgan fingerprint density at radius 1 is 1.27 bits per heavy atom. The molecule has 0 N–H and O–H groups in total. The first-order chi connectivity index (χ1) is 10.5. The third-order valence-electron chi connectivity index (χ3n) is 3.96. The minimum absolute atomic E-state index is 0.0494. The summed E-state index contributed by atoms with van der Waals surface area (Å²) in [5.41, 5.74) is 1.05. The Labute approximate surface area is 130 Å². The maximum atomic E-state index is 12.2. The van der Waals surface area contributed by atoms with Gasteiger partial charge in [-0.15, -0.1) is 0 Å². The molecule has 0 aromatic heterocycles. The van der Waals surface area contributed by atoms with E-state index in [9.17, 15) is 4.79 Å². The molecule has 1 saturated heterocycles. The molecule has 0 aliphatic carbocycles. The third-order valence-corrected chi connectivity index (χ3v) is 7.99. The van der Waals surface area contributed by atoms with E-state index in [0.717, 1.165) is 5.56 Å². The van der Waals surface area contributed by atoms with Crippen LogP contribution in [0.5, 0.6) is 0 Å². The van der Waals surface area contributed by atoms with Gasteiger partial charge in [0.05, 0.1) is 0 Å². The Bertz CT molecular complexity index is 619. The molecule has 0 radical (unpaired) electrons. The van der Waals surface area contributed by atoms with E-state index in [1.807, 2.05) is 37.3 Å². The Hall–Kier alpha value is -1.26. The first-order valence-corrected chi connectivity index (χ1v) is 9.43. The number of allylic oxidation sites excluding steroid dienone is 2. The van der Waals surface area contributed by atoms with Crippen LogP contribution in [0.25, 0.3) is 0 Å². The van der Waals surface area contributed by atoms with Crippen molar-refractivity contribution in [3.05, 3.63) is 47.2 Å². The fourth-order valence-corrected chi connectivity index (χ4v) is 7.53. The number of carbonyl (C=O) groups is 1. The molecule has 120 valence electrons. The summed E-state index contributed by atoms with van der Waals surface area (Å²) in [6, 6.07) is 9.69. The van der Waals surface area contributed by atoms with Crippen LogP contribution in [0, 0.1) is 0 Å². The number of Topliss-reactive ketones (excluding diaryl/α,β-unsaturated/α-hetero) is 1. The molecule has 0 amide bonds. The number of carbonyl (C=O) groups excluding carboxylic acids is 1. The van der Waals surface area contributed by atoms with E-state index in [4.69, 9.17) is 18.1 Å². The second kappa shape index (κ2) is 5.43. The molecule has 6 heteroatoms. The first kappa shape index (κ1) is 15.6. The predicted molar refractivity (Wildman–Crippen MR) is 84.1 cm³/mol. The van der Waals surface area contributed by atoms with Crippen LogP contribution in [0.1, 0.15) is 32.0 Å². The van der Waals surface area contributed by atoms with Crippen LogP contribution in [-0.2, 0) is 22.9 Å². The Balaban J connectivity index is 2.21. The van der Waals surface area contributed by atoms with Gasteiger partial charge in [-0.05, 0) is 0 Å². The summed E-state index contributed by atoms with van der Waals surface area (Å²) < 4.78 is 24.2. The van der Waals surface area contributed by atoms with Crippen LogP contribution >= 0.6 is 7.51 Å². The summed E-state index contributed by atoms with van der Waals surface area (Å²) in [7, 11) is -3.87. The van der Waals surface area contributed by atoms with Crippen LogP contribution in [0.15, 0.2) is 41.7 Å². The molecule has 0 saturated carbocycles. The van der Waals surface area contributed by atoms with Gasteiger partial charge in [0, 0.05) is 0 Å². The summed E-state index contributed by atoms with van der Waals surface area (Å²) in [4.78, 5) is 12.2. The third kappa shape index (κ3) is 2.12. The Morgan fingerprint density at radius 2 is 1.91 bits per heavy atom. The molecule has 2 aliphatic rings. The molecule has 1 fully saturated rings. The van der Waals surface area contributed by atoms with Crippen LogP contribution in [-0.4, -0.2) is 25.6 Å². The van der Waals surface area contributed by atoms with Gasteiger partial charge in [-0.1, -0.05) is 0 Å². The number of hydrogen-bond donors (Lipinski definition) is 0. The monoisotopic (exact) mass is 324 g/mol. The second-order valence-corrected chi connectivity index (χ2v) is 8.59. The fourth-order valence-electron chi connectivity index (χ4n) is 3.29. The van der Waals surface area contributed by atoms with Crippen molar-refractivity contribution in [2.75, 3.05) is 19.8 Å². The van der Waals surface area contributed by atoms with Crippen molar-refractivity contribution in [3.8, 4) is 0 Å². The topological polar surface area (TPSA) is 54.0 Å². The van der Waals surface area contributed by atoms with Gasteiger partial charge < -0.3 is 0 Å². The van der Waals surface area contributed by atoms with Crippen molar-refractivity contribution < 1.29 is 22.9 Å². The summed E-state index contributed by atoms with van der Waals surface area (Å²) in [5.74, 6) is 0.487. The van der Waals surface area contributed by atoms with Crippen molar-refractivity contribution in [2.45, 2.75) is 26.4 Å². The molecule has 1 aromatic rings. The summed E-state index contributed by atoms with van der Waals surface area (Å²) in [5, 5.41) is 0. The average Bonchev–Trinajstić information content (AvgIpc) is 3.01. The maximum absolute atomic E-state index is 12.2. The molecule has 0 bridgehead atoms. The fraction of sp³-hybridized carbons (Fsp3) is 0.438. The molecule has 22 heavy (non-hydrogen) atoms. The molecule has 1 atom stereocenters. The Kier molecular flexibility index (Phi) is 3.86. The van der Waals surface area contributed by atoms with E-state index >= 15 is 0 Å². The Morgan fingerprint density at radius 3 is 2.45 bits per heavy atom. The van der Waals surface area contributed by atoms with Crippen molar-refractivity contribution in [1.82, 2.24) is 0 Å². The van der Waals surface area contributed by atoms with E-state index in [1.165, 1.54) is 0 Å². The van der Waals surface area contributed by atoms with Crippen molar-refractivity contribution >= 4 is 13.3 Å². The summed E-state index contributed by atoms with van der Waals surface area (Å²) >= 11 is 0. The molecular weight excluding hydrogens is 303 g/mol.